The summed E-state index contributed by atoms with van der Waals surface area (Å²) < 4.78 is 0. The minimum atomic E-state index is 0.0624. The Labute approximate surface area is 137 Å². The van der Waals surface area contributed by atoms with Gasteiger partial charge in [-0.1, -0.05) is 56.3 Å². The highest BCUT2D eigenvalue weighted by Gasteiger charge is 2.31. The van der Waals surface area contributed by atoms with Gasteiger partial charge in [0.25, 0.3) is 0 Å². The van der Waals surface area contributed by atoms with Crippen LogP contribution >= 0.6 is 0 Å². The second kappa shape index (κ2) is 6.53. The van der Waals surface area contributed by atoms with Crippen molar-refractivity contribution >= 4 is 17.3 Å². The monoisotopic (exact) mass is 309 g/mol. The minimum Gasteiger partial charge on any atom is -0.332 e. The van der Waals surface area contributed by atoms with Gasteiger partial charge >= 0.3 is 0 Å². The minimum absolute atomic E-state index is 0.0624. The van der Waals surface area contributed by atoms with Gasteiger partial charge < -0.3 is 4.90 Å². The largest absolute Gasteiger partial charge is 0.332 e. The average Bonchev–Trinajstić information content (AvgIpc) is 3.16. The van der Waals surface area contributed by atoms with Crippen LogP contribution in [0.2, 0.25) is 0 Å². The normalized spacial score (nSPS) is 20.9. The summed E-state index contributed by atoms with van der Waals surface area (Å²) in [6.07, 6.45) is 5.65. The van der Waals surface area contributed by atoms with Crippen LogP contribution in [0.1, 0.15) is 38.7 Å². The van der Waals surface area contributed by atoms with Gasteiger partial charge in [-0.25, -0.2) is 0 Å². The molecule has 0 saturated carbocycles. The van der Waals surface area contributed by atoms with Crippen LogP contribution in [-0.2, 0) is 9.59 Å². The molecule has 1 aromatic carbocycles. The number of allylic oxidation sites excluding steroid dienone is 1. The first-order valence-electron chi connectivity index (χ1n) is 8.34. The molecule has 0 aromatic heterocycles. The first kappa shape index (κ1) is 15.7. The second-order valence-corrected chi connectivity index (χ2v) is 6.63. The Hall–Kier alpha value is -2.16. The van der Waals surface area contributed by atoms with Crippen molar-refractivity contribution < 1.29 is 9.59 Å². The van der Waals surface area contributed by atoms with E-state index in [-0.39, 0.29) is 24.2 Å². The molecule has 0 N–H and O–H groups in total. The fourth-order valence-electron chi connectivity index (χ4n) is 3.51. The highest BCUT2D eigenvalue weighted by molar-refractivity contribution is 6.10. The van der Waals surface area contributed by atoms with Crippen molar-refractivity contribution in [2.75, 3.05) is 6.54 Å². The van der Waals surface area contributed by atoms with Gasteiger partial charge in [0.05, 0.1) is 12.5 Å². The van der Waals surface area contributed by atoms with Gasteiger partial charge in [-0.05, 0) is 23.5 Å². The van der Waals surface area contributed by atoms with Gasteiger partial charge in [0.2, 0.25) is 5.91 Å². The summed E-state index contributed by atoms with van der Waals surface area (Å²) in [5, 5.41) is 0. The molecule has 1 aromatic rings. The average molecular weight is 309 g/mol. The predicted octanol–water partition coefficient (Wildman–Crippen LogP) is 3.62. The Bertz CT molecular complexity index is 670. The summed E-state index contributed by atoms with van der Waals surface area (Å²) in [7, 11) is 0. The zero-order valence-corrected chi connectivity index (χ0v) is 13.8. The number of carbonyl (C=O) groups is 2. The molecule has 120 valence electrons. The van der Waals surface area contributed by atoms with Crippen molar-refractivity contribution in [2.45, 2.75) is 39.2 Å². The van der Waals surface area contributed by atoms with E-state index >= 15 is 0 Å². The number of Topliss-reactive ketones (excluding diaryl/α,β-unsaturated/α-hetero) is 1. The van der Waals surface area contributed by atoms with E-state index in [1.807, 2.05) is 41.3 Å². The number of ketones is 1. The SMILES string of the molecule is CC(C)C1C=CCN1C(=O)CC1=C(c2ccccc2)CCC1=O. The van der Waals surface area contributed by atoms with Crippen molar-refractivity contribution in [3.63, 3.8) is 0 Å². The Morgan fingerprint density at radius 3 is 2.65 bits per heavy atom. The Morgan fingerprint density at radius 2 is 1.96 bits per heavy atom. The zero-order valence-electron chi connectivity index (χ0n) is 13.8. The molecule has 23 heavy (non-hydrogen) atoms. The molecule has 1 amide bonds. The number of amides is 1. The molecule has 0 saturated heterocycles. The molecule has 0 fully saturated rings. The fraction of sp³-hybridized carbons (Fsp3) is 0.400. The first-order chi connectivity index (χ1) is 11.1. The smallest absolute Gasteiger partial charge is 0.227 e. The molecule has 1 atom stereocenters. The summed E-state index contributed by atoms with van der Waals surface area (Å²) in [5.41, 5.74) is 2.84. The topological polar surface area (TPSA) is 37.4 Å². The molecule has 1 aliphatic heterocycles. The number of hydrogen-bond acceptors (Lipinski definition) is 2. The highest BCUT2D eigenvalue weighted by atomic mass is 16.2. The van der Waals surface area contributed by atoms with Crippen LogP contribution in [0.15, 0.2) is 48.1 Å². The third-order valence-corrected chi connectivity index (χ3v) is 4.75. The Balaban J connectivity index is 1.82. The Kier molecular flexibility index (Phi) is 4.46. The van der Waals surface area contributed by atoms with E-state index in [2.05, 4.69) is 19.9 Å². The standard InChI is InChI=1S/C20H23NO2/c1-14(2)18-9-6-12-21(18)20(23)13-17-16(10-11-19(17)22)15-7-4-3-5-8-15/h3-9,14,18H,10-13H2,1-2H3. The van der Waals surface area contributed by atoms with Crippen molar-refractivity contribution in [1.29, 1.82) is 0 Å². The number of nitrogens with zero attached hydrogens (tertiary/aromatic N) is 1. The molecule has 0 spiro atoms. The quantitative estimate of drug-likeness (QED) is 0.797. The van der Waals surface area contributed by atoms with E-state index in [0.717, 1.165) is 23.1 Å². The van der Waals surface area contributed by atoms with Gasteiger partial charge in [-0.3, -0.25) is 9.59 Å². The molecule has 1 heterocycles. The lowest BCUT2D eigenvalue weighted by Gasteiger charge is -2.27. The van der Waals surface area contributed by atoms with Crippen molar-refractivity contribution in [3.8, 4) is 0 Å². The summed E-state index contributed by atoms with van der Waals surface area (Å²) >= 11 is 0. The summed E-state index contributed by atoms with van der Waals surface area (Å²) in [6, 6.07) is 10.1. The van der Waals surface area contributed by atoms with Crippen LogP contribution in [0, 0.1) is 5.92 Å². The van der Waals surface area contributed by atoms with Crippen LogP contribution in [-0.4, -0.2) is 29.2 Å². The molecule has 3 rings (SSSR count). The zero-order chi connectivity index (χ0) is 16.4. The van der Waals surface area contributed by atoms with Gasteiger partial charge in [0, 0.05) is 18.5 Å². The van der Waals surface area contributed by atoms with E-state index in [1.54, 1.807) is 0 Å². The predicted molar refractivity (Wildman–Crippen MR) is 91.7 cm³/mol. The summed E-state index contributed by atoms with van der Waals surface area (Å²) in [5.74, 6) is 0.581. The van der Waals surface area contributed by atoms with Crippen LogP contribution < -0.4 is 0 Å². The summed E-state index contributed by atoms with van der Waals surface area (Å²) in [6.45, 7) is 4.90. The maximum Gasteiger partial charge on any atom is 0.227 e. The highest BCUT2D eigenvalue weighted by Crippen LogP contribution is 2.34. The van der Waals surface area contributed by atoms with Crippen LogP contribution in [0.5, 0.6) is 0 Å². The van der Waals surface area contributed by atoms with Crippen molar-refractivity contribution in [3.05, 3.63) is 53.6 Å². The molecule has 0 bridgehead atoms. The van der Waals surface area contributed by atoms with Gasteiger partial charge in [-0.2, -0.15) is 0 Å². The molecule has 1 aliphatic carbocycles. The van der Waals surface area contributed by atoms with E-state index in [0.29, 0.717) is 18.9 Å². The van der Waals surface area contributed by atoms with Crippen LogP contribution in [0.3, 0.4) is 0 Å². The molecule has 1 unspecified atom stereocenters. The second-order valence-electron chi connectivity index (χ2n) is 6.63. The van der Waals surface area contributed by atoms with E-state index in [4.69, 9.17) is 0 Å². The maximum absolute atomic E-state index is 12.7. The van der Waals surface area contributed by atoms with Crippen molar-refractivity contribution in [1.82, 2.24) is 4.90 Å². The lowest BCUT2D eigenvalue weighted by Crippen LogP contribution is -2.39. The number of benzene rings is 1. The van der Waals surface area contributed by atoms with Gasteiger partial charge in [-0.15, -0.1) is 0 Å². The van der Waals surface area contributed by atoms with Crippen LogP contribution in [0.25, 0.3) is 5.57 Å². The van der Waals surface area contributed by atoms with Gasteiger partial charge in [0.15, 0.2) is 5.78 Å². The Morgan fingerprint density at radius 1 is 1.22 bits per heavy atom. The lowest BCUT2D eigenvalue weighted by molar-refractivity contribution is -0.132. The molecule has 3 nitrogen and oxygen atoms in total. The van der Waals surface area contributed by atoms with Crippen LogP contribution in [0.4, 0.5) is 0 Å². The maximum atomic E-state index is 12.7. The third kappa shape index (κ3) is 3.14. The molecule has 0 radical (unpaired) electrons. The van der Waals surface area contributed by atoms with Gasteiger partial charge in [0.1, 0.15) is 0 Å². The van der Waals surface area contributed by atoms with E-state index in [1.165, 1.54) is 0 Å². The lowest BCUT2D eigenvalue weighted by atomic mass is 9.99. The molecule has 3 heteroatoms. The third-order valence-electron chi connectivity index (χ3n) is 4.75. The molecular weight excluding hydrogens is 286 g/mol. The van der Waals surface area contributed by atoms with Crippen molar-refractivity contribution in [2.24, 2.45) is 5.92 Å². The number of carbonyl (C=O) groups excluding carboxylic acids is 2. The first-order valence-corrected chi connectivity index (χ1v) is 8.34. The number of rotatable bonds is 4. The summed E-state index contributed by atoms with van der Waals surface area (Å²) in [4.78, 5) is 26.9. The number of hydrogen-bond donors (Lipinski definition) is 0. The van der Waals surface area contributed by atoms with E-state index < -0.39 is 0 Å². The molecular formula is C20H23NO2. The fourth-order valence-corrected chi connectivity index (χ4v) is 3.51. The van der Waals surface area contributed by atoms with E-state index in [9.17, 15) is 9.59 Å². The molecule has 2 aliphatic rings.